The highest BCUT2D eigenvalue weighted by atomic mass is 16.5. The van der Waals surface area contributed by atoms with E-state index in [0.717, 1.165) is 30.2 Å². The van der Waals surface area contributed by atoms with E-state index in [0.29, 0.717) is 31.3 Å². The lowest BCUT2D eigenvalue weighted by atomic mass is 10.2. The molecule has 122 valence electrons. The van der Waals surface area contributed by atoms with Gasteiger partial charge < -0.3 is 25.4 Å². The van der Waals surface area contributed by atoms with Gasteiger partial charge in [-0.15, -0.1) is 0 Å². The number of rotatable bonds is 5. The van der Waals surface area contributed by atoms with Crippen molar-refractivity contribution in [1.82, 2.24) is 9.97 Å². The minimum absolute atomic E-state index is 0.572. The molecule has 1 saturated heterocycles. The molecule has 3 N–H and O–H groups in total. The maximum atomic E-state index is 6.23. The molecule has 7 nitrogen and oxygen atoms in total. The van der Waals surface area contributed by atoms with Crippen molar-refractivity contribution in [3.05, 3.63) is 36.2 Å². The summed E-state index contributed by atoms with van der Waals surface area (Å²) in [5.74, 6) is 2.25. The molecule has 0 saturated carbocycles. The molecule has 0 aliphatic carbocycles. The summed E-state index contributed by atoms with van der Waals surface area (Å²) in [5, 5.41) is 3.27. The SMILES string of the molecule is COc1ccc(CNc2ncnc(N3CCOCC3)c2N)cc1. The van der Waals surface area contributed by atoms with E-state index in [-0.39, 0.29) is 0 Å². The average molecular weight is 315 g/mol. The lowest BCUT2D eigenvalue weighted by Crippen LogP contribution is -2.37. The summed E-state index contributed by atoms with van der Waals surface area (Å²) in [6.45, 7) is 3.60. The van der Waals surface area contributed by atoms with E-state index >= 15 is 0 Å². The van der Waals surface area contributed by atoms with Crippen LogP contribution in [0.5, 0.6) is 5.75 Å². The zero-order chi connectivity index (χ0) is 16.1. The second-order valence-corrected chi connectivity index (χ2v) is 5.26. The van der Waals surface area contributed by atoms with Crippen molar-refractivity contribution in [2.75, 3.05) is 49.4 Å². The van der Waals surface area contributed by atoms with E-state index in [1.807, 2.05) is 24.3 Å². The highest BCUT2D eigenvalue weighted by Crippen LogP contribution is 2.27. The van der Waals surface area contributed by atoms with Crippen molar-refractivity contribution in [2.24, 2.45) is 0 Å². The zero-order valence-electron chi connectivity index (χ0n) is 13.2. The molecule has 0 bridgehead atoms. The van der Waals surface area contributed by atoms with Gasteiger partial charge in [0.25, 0.3) is 0 Å². The topological polar surface area (TPSA) is 85.5 Å². The first-order chi connectivity index (χ1) is 11.3. The van der Waals surface area contributed by atoms with Crippen molar-refractivity contribution in [2.45, 2.75) is 6.54 Å². The van der Waals surface area contributed by atoms with Crippen LogP contribution in [0.15, 0.2) is 30.6 Å². The Hall–Kier alpha value is -2.54. The number of methoxy groups -OCH3 is 1. The van der Waals surface area contributed by atoms with Crippen molar-refractivity contribution >= 4 is 17.3 Å². The van der Waals surface area contributed by atoms with E-state index in [9.17, 15) is 0 Å². The van der Waals surface area contributed by atoms with Crippen LogP contribution in [0.3, 0.4) is 0 Å². The molecule has 2 aromatic rings. The monoisotopic (exact) mass is 315 g/mol. The van der Waals surface area contributed by atoms with Gasteiger partial charge in [-0.05, 0) is 17.7 Å². The van der Waals surface area contributed by atoms with E-state index in [4.69, 9.17) is 15.2 Å². The number of morpholine rings is 1. The largest absolute Gasteiger partial charge is 0.497 e. The van der Waals surface area contributed by atoms with Crippen LogP contribution in [-0.2, 0) is 11.3 Å². The van der Waals surface area contributed by atoms with Crippen molar-refractivity contribution < 1.29 is 9.47 Å². The number of nitrogens with zero attached hydrogens (tertiary/aromatic N) is 3. The highest BCUT2D eigenvalue weighted by Gasteiger charge is 2.17. The molecule has 1 fully saturated rings. The maximum Gasteiger partial charge on any atom is 0.157 e. The predicted molar refractivity (Wildman–Crippen MR) is 89.8 cm³/mol. The van der Waals surface area contributed by atoms with Crippen molar-refractivity contribution in [3.8, 4) is 5.75 Å². The minimum atomic E-state index is 0.572. The van der Waals surface area contributed by atoms with Gasteiger partial charge in [-0.3, -0.25) is 0 Å². The maximum absolute atomic E-state index is 6.23. The average Bonchev–Trinajstić information content (AvgIpc) is 2.62. The van der Waals surface area contributed by atoms with Crippen LogP contribution in [0.4, 0.5) is 17.3 Å². The van der Waals surface area contributed by atoms with E-state index in [2.05, 4.69) is 20.2 Å². The molecule has 0 atom stereocenters. The van der Waals surface area contributed by atoms with E-state index in [1.165, 1.54) is 6.33 Å². The third kappa shape index (κ3) is 3.62. The number of nitrogens with two attached hydrogens (primary N) is 1. The number of nitrogens with one attached hydrogen (secondary N) is 1. The van der Waals surface area contributed by atoms with Gasteiger partial charge in [0.05, 0.1) is 20.3 Å². The van der Waals surface area contributed by atoms with Crippen LogP contribution < -0.4 is 20.7 Å². The second-order valence-electron chi connectivity index (χ2n) is 5.26. The molecule has 7 heteroatoms. The van der Waals surface area contributed by atoms with Gasteiger partial charge in [0, 0.05) is 19.6 Å². The lowest BCUT2D eigenvalue weighted by molar-refractivity contribution is 0.122. The molecule has 2 heterocycles. The molecule has 3 rings (SSSR count). The van der Waals surface area contributed by atoms with Crippen molar-refractivity contribution in [1.29, 1.82) is 0 Å². The molecule has 0 spiro atoms. The number of anilines is 3. The van der Waals surface area contributed by atoms with E-state index in [1.54, 1.807) is 7.11 Å². The first-order valence-electron chi connectivity index (χ1n) is 7.58. The van der Waals surface area contributed by atoms with E-state index < -0.39 is 0 Å². The van der Waals surface area contributed by atoms with Gasteiger partial charge in [-0.2, -0.15) is 0 Å². The molecular formula is C16H21N5O2. The number of ether oxygens (including phenoxy) is 2. The minimum Gasteiger partial charge on any atom is -0.497 e. The summed E-state index contributed by atoms with van der Waals surface area (Å²) >= 11 is 0. The molecule has 1 aliphatic heterocycles. The summed E-state index contributed by atoms with van der Waals surface area (Å²) in [7, 11) is 1.65. The molecule has 1 aliphatic rings. The quantitative estimate of drug-likeness (QED) is 0.865. The Kier molecular flexibility index (Phi) is 4.77. The molecule has 0 amide bonds. The van der Waals surface area contributed by atoms with Gasteiger partial charge in [-0.1, -0.05) is 12.1 Å². The van der Waals surface area contributed by atoms with Gasteiger partial charge in [0.15, 0.2) is 11.6 Å². The Morgan fingerprint density at radius 1 is 1.22 bits per heavy atom. The van der Waals surface area contributed by atoms with Crippen LogP contribution in [0.1, 0.15) is 5.56 Å². The van der Waals surface area contributed by atoms with Gasteiger partial charge in [0.1, 0.15) is 17.8 Å². The normalized spacial score (nSPS) is 14.6. The lowest BCUT2D eigenvalue weighted by Gasteiger charge is -2.29. The van der Waals surface area contributed by atoms with Crippen LogP contribution in [-0.4, -0.2) is 43.4 Å². The number of benzene rings is 1. The number of nitrogen functional groups attached to an aromatic ring is 1. The Bertz CT molecular complexity index is 641. The standard InChI is InChI=1S/C16H21N5O2/c1-22-13-4-2-12(3-5-13)10-18-15-14(17)16(20-11-19-15)21-6-8-23-9-7-21/h2-5,11H,6-10,17H2,1H3,(H,18,19,20). The van der Waals surface area contributed by atoms with Gasteiger partial charge in [0.2, 0.25) is 0 Å². The Morgan fingerprint density at radius 3 is 2.65 bits per heavy atom. The van der Waals surface area contributed by atoms with Crippen LogP contribution in [0, 0.1) is 0 Å². The second kappa shape index (κ2) is 7.15. The fourth-order valence-electron chi connectivity index (χ4n) is 2.48. The molecule has 0 radical (unpaired) electrons. The van der Waals surface area contributed by atoms with Crippen LogP contribution in [0.25, 0.3) is 0 Å². The molecule has 1 aromatic carbocycles. The van der Waals surface area contributed by atoms with Gasteiger partial charge >= 0.3 is 0 Å². The summed E-state index contributed by atoms with van der Waals surface area (Å²) in [5.41, 5.74) is 7.93. The van der Waals surface area contributed by atoms with Crippen molar-refractivity contribution in [3.63, 3.8) is 0 Å². The molecule has 23 heavy (non-hydrogen) atoms. The Morgan fingerprint density at radius 2 is 1.96 bits per heavy atom. The third-order valence-electron chi connectivity index (χ3n) is 3.79. The summed E-state index contributed by atoms with van der Waals surface area (Å²) < 4.78 is 10.5. The summed E-state index contributed by atoms with van der Waals surface area (Å²) in [6, 6.07) is 7.87. The summed E-state index contributed by atoms with van der Waals surface area (Å²) in [4.78, 5) is 10.7. The number of aromatic nitrogens is 2. The highest BCUT2D eigenvalue weighted by molar-refractivity contribution is 5.75. The third-order valence-corrected chi connectivity index (χ3v) is 3.79. The smallest absolute Gasteiger partial charge is 0.157 e. The Labute approximate surface area is 135 Å². The summed E-state index contributed by atoms with van der Waals surface area (Å²) in [6.07, 6.45) is 1.54. The first-order valence-corrected chi connectivity index (χ1v) is 7.58. The number of hydrogen-bond acceptors (Lipinski definition) is 7. The molecular weight excluding hydrogens is 294 g/mol. The first kappa shape index (κ1) is 15.4. The zero-order valence-corrected chi connectivity index (χ0v) is 13.2. The fourth-order valence-corrected chi connectivity index (χ4v) is 2.48. The van der Waals surface area contributed by atoms with Crippen LogP contribution >= 0.6 is 0 Å². The Balaban J connectivity index is 1.69. The molecule has 0 unspecified atom stereocenters. The predicted octanol–water partition coefficient (Wildman–Crippen LogP) is 1.52. The van der Waals surface area contributed by atoms with Crippen LogP contribution in [0.2, 0.25) is 0 Å². The molecule has 1 aromatic heterocycles. The van der Waals surface area contributed by atoms with Gasteiger partial charge in [-0.25, -0.2) is 9.97 Å². The number of hydrogen-bond donors (Lipinski definition) is 2. The fraction of sp³-hybridized carbons (Fsp3) is 0.375.